The summed E-state index contributed by atoms with van der Waals surface area (Å²) >= 11 is 7.14. The van der Waals surface area contributed by atoms with Gasteiger partial charge in [0.05, 0.1) is 36.7 Å². The molecule has 0 saturated carbocycles. The summed E-state index contributed by atoms with van der Waals surface area (Å²) in [4.78, 5) is 13.3. The molecule has 0 unspecified atom stereocenters. The minimum atomic E-state index is -4.13. The number of fused-ring (bicyclic) bond motifs is 1. The second-order valence-corrected chi connectivity index (χ2v) is 10.0. The van der Waals surface area contributed by atoms with Crippen LogP contribution in [0.25, 0.3) is 11.0 Å². The lowest BCUT2D eigenvalue weighted by Gasteiger charge is -2.20. The SMILES string of the molecule is COc1cc(OC)c(NC(=O)[C@@H](Cc2ccccc2)NS(=O)(=O)c2cccc3nsnc23)cc1Cl. The molecule has 4 aromatic rings. The Hall–Kier alpha value is -3.25. The Labute approximate surface area is 211 Å². The number of methoxy groups -OCH3 is 2. The van der Waals surface area contributed by atoms with Crippen molar-refractivity contribution in [2.75, 3.05) is 19.5 Å². The Morgan fingerprint density at radius 2 is 1.77 bits per heavy atom. The molecule has 0 bridgehead atoms. The third-order valence-corrected chi connectivity index (χ3v) is 7.51. The minimum absolute atomic E-state index is 0.0558. The number of rotatable bonds is 9. The van der Waals surface area contributed by atoms with Crippen LogP contribution >= 0.6 is 23.3 Å². The van der Waals surface area contributed by atoms with Gasteiger partial charge in [0.2, 0.25) is 15.9 Å². The summed E-state index contributed by atoms with van der Waals surface area (Å²) in [5.74, 6) is 0.0767. The molecule has 9 nitrogen and oxygen atoms in total. The van der Waals surface area contributed by atoms with Gasteiger partial charge in [0.25, 0.3) is 0 Å². The fourth-order valence-electron chi connectivity index (χ4n) is 3.46. The molecule has 0 aliphatic carbocycles. The topological polar surface area (TPSA) is 120 Å². The smallest absolute Gasteiger partial charge is 0.243 e. The first-order valence-electron chi connectivity index (χ1n) is 10.3. The van der Waals surface area contributed by atoms with Gasteiger partial charge in [0.15, 0.2) is 0 Å². The summed E-state index contributed by atoms with van der Waals surface area (Å²) in [7, 11) is -1.24. The van der Waals surface area contributed by atoms with Crippen LogP contribution in [0.5, 0.6) is 11.5 Å². The van der Waals surface area contributed by atoms with E-state index in [-0.39, 0.29) is 27.5 Å². The van der Waals surface area contributed by atoms with Crippen molar-refractivity contribution in [3.05, 3.63) is 71.2 Å². The summed E-state index contributed by atoms with van der Waals surface area (Å²) in [5, 5.41) is 2.98. The lowest BCUT2D eigenvalue weighted by atomic mass is 10.1. The molecule has 0 spiro atoms. The average Bonchev–Trinajstić information content (AvgIpc) is 3.33. The Morgan fingerprint density at radius 3 is 2.49 bits per heavy atom. The summed E-state index contributed by atoms with van der Waals surface area (Å²) < 4.78 is 48.0. The molecule has 3 aromatic carbocycles. The standard InChI is InChI=1S/C23H21ClN4O5S2/c1-32-19-13-20(33-2)17(12-15(19)24)25-23(29)18(11-14-7-4-3-5-8-14)28-35(30,31)21-10-6-9-16-22(21)27-34-26-16/h3-10,12-13,18,28H,11H2,1-2H3,(H,25,29)/t18-/m1/s1. The van der Waals surface area contributed by atoms with Crippen LogP contribution < -0.4 is 19.5 Å². The number of halogens is 1. The van der Waals surface area contributed by atoms with Gasteiger partial charge in [0, 0.05) is 6.07 Å². The molecule has 0 aliphatic heterocycles. The highest BCUT2D eigenvalue weighted by Gasteiger charge is 2.29. The Bertz CT molecular complexity index is 1460. The van der Waals surface area contributed by atoms with Crippen molar-refractivity contribution >= 4 is 56.0 Å². The van der Waals surface area contributed by atoms with Crippen LogP contribution in [0.1, 0.15) is 5.56 Å². The number of anilines is 1. The maximum absolute atomic E-state index is 13.4. The maximum atomic E-state index is 13.4. The van der Waals surface area contributed by atoms with Gasteiger partial charge in [0.1, 0.15) is 33.5 Å². The maximum Gasteiger partial charge on any atom is 0.243 e. The van der Waals surface area contributed by atoms with Crippen LogP contribution in [0.4, 0.5) is 5.69 Å². The van der Waals surface area contributed by atoms with Crippen molar-refractivity contribution in [1.82, 2.24) is 13.5 Å². The van der Waals surface area contributed by atoms with Crippen molar-refractivity contribution in [3.8, 4) is 11.5 Å². The number of carbonyl (C=O) groups excluding carboxylic acids is 1. The molecule has 1 aromatic heterocycles. The number of carbonyl (C=O) groups is 1. The first kappa shape index (κ1) is 24.9. The number of benzene rings is 3. The fourth-order valence-corrected chi connectivity index (χ4v) is 5.67. The molecule has 0 saturated heterocycles. The third kappa shape index (κ3) is 5.54. The van der Waals surface area contributed by atoms with Crippen LogP contribution in [0.2, 0.25) is 5.02 Å². The first-order chi connectivity index (χ1) is 16.8. The van der Waals surface area contributed by atoms with E-state index in [1.165, 1.54) is 32.4 Å². The van der Waals surface area contributed by atoms with Crippen LogP contribution in [0.3, 0.4) is 0 Å². The zero-order valence-corrected chi connectivity index (χ0v) is 21.1. The van der Waals surface area contributed by atoms with Gasteiger partial charge in [-0.15, -0.1) is 0 Å². The van der Waals surface area contributed by atoms with E-state index in [1.807, 2.05) is 30.3 Å². The van der Waals surface area contributed by atoms with E-state index in [1.54, 1.807) is 12.1 Å². The van der Waals surface area contributed by atoms with Gasteiger partial charge in [-0.25, -0.2) is 8.42 Å². The monoisotopic (exact) mass is 532 g/mol. The summed E-state index contributed by atoms with van der Waals surface area (Å²) in [6.07, 6.45) is 0.101. The van der Waals surface area contributed by atoms with Crippen molar-refractivity contribution in [2.45, 2.75) is 17.4 Å². The molecule has 182 valence electrons. The molecule has 0 radical (unpaired) electrons. The van der Waals surface area contributed by atoms with Gasteiger partial charge in [-0.05, 0) is 30.2 Å². The van der Waals surface area contributed by atoms with Crippen LogP contribution in [0, 0.1) is 0 Å². The highest BCUT2D eigenvalue weighted by atomic mass is 35.5. The first-order valence-corrected chi connectivity index (χ1v) is 12.9. The number of hydrogen-bond acceptors (Lipinski definition) is 8. The van der Waals surface area contributed by atoms with Crippen molar-refractivity contribution in [2.24, 2.45) is 0 Å². The highest BCUT2D eigenvalue weighted by Crippen LogP contribution is 2.36. The van der Waals surface area contributed by atoms with E-state index in [0.717, 1.165) is 17.3 Å². The van der Waals surface area contributed by atoms with E-state index >= 15 is 0 Å². The molecule has 4 rings (SSSR count). The molecule has 1 heterocycles. The summed E-state index contributed by atoms with van der Waals surface area (Å²) in [5.41, 5.74) is 1.74. The predicted molar refractivity (Wildman–Crippen MR) is 135 cm³/mol. The van der Waals surface area contributed by atoms with E-state index in [2.05, 4.69) is 18.8 Å². The number of nitrogens with one attached hydrogen (secondary N) is 2. The number of nitrogens with zero attached hydrogens (tertiary/aromatic N) is 2. The Morgan fingerprint density at radius 1 is 1.03 bits per heavy atom. The third-order valence-electron chi connectivity index (χ3n) is 5.17. The van der Waals surface area contributed by atoms with Gasteiger partial charge in [-0.1, -0.05) is 48.0 Å². The van der Waals surface area contributed by atoms with E-state index in [9.17, 15) is 13.2 Å². The summed E-state index contributed by atoms with van der Waals surface area (Å²) in [6.45, 7) is 0. The molecule has 0 fully saturated rings. The number of hydrogen-bond donors (Lipinski definition) is 2. The largest absolute Gasteiger partial charge is 0.495 e. The van der Waals surface area contributed by atoms with Gasteiger partial charge >= 0.3 is 0 Å². The molecular weight excluding hydrogens is 512 g/mol. The lowest BCUT2D eigenvalue weighted by Crippen LogP contribution is -2.45. The Balaban J connectivity index is 1.67. The van der Waals surface area contributed by atoms with Crippen molar-refractivity contribution < 1.29 is 22.7 Å². The van der Waals surface area contributed by atoms with E-state index < -0.39 is 22.0 Å². The molecule has 0 aliphatic rings. The van der Waals surface area contributed by atoms with Crippen LogP contribution in [0.15, 0.2) is 65.6 Å². The molecule has 2 N–H and O–H groups in total. The Kier molecular flexibility index (Phi) is 7.51. The fraction of sp³-hybridized carbons (Fsp3) is 0.174. The van der Waals surface area contributed by atoms with Crippen molar-refractivity contribution in [1.29, 1.82) is 0 Å². The zero-order valence-electron chi connectivity index (χ0n) is 18.7. The second kappa shape index (κ2) is 10.6. The second-order valence-electron chi connectivity index (χ2n) is 7.43. The number of sulfonamides is 1. The average molecular weight is 533 g/mol. The van der Waals surface area contributed by atoms with Gasteiger partial charge in [-0.2, -0.15) is 13.5 Å². The van der Waals surface area contributed by atoms with Crippen LogP contribution in [-0.4, -0.2) is 43.3 Å². The number of ether oxygens (including phenoxy) is 2. The van der Waals surface area contributed by atoms with Gasteiger partial charge < -0.3 is 14.8 Å². The molecule has 1 amide bonds. The summed E-state index contributed by atoms with van der Waals surface area (Å²) in [6, 6.07) is 15.6. The van der Waals surface area contributed by atoms with E-state index in [4.69, 9.17) is 21.1 Å². The lowest BCUT2D eigenvalue weighted by molar-refractivity contribution is -0.117. The molecule has 1 atom stereocenters. The number of amides is 1. The zero-order chi connectivity index (χ0) is 25.0. The molecular formula is C23H21ClN4O5S2. The van der Waals surface area contributed by atoms with E-state index in [0.29, 0.717) is 17.0 Å². The quantitative estimate of drug-likeness (QED) is 0.335. The normalized spacial score (nSPS) is 12.3. The molecule has 35 heavy (non-hydrogen) atoms. The predicted octanol–water partition coefficient (Wildman–Crippen LogP) is 3.89. The number of aromatic nitrogens is 2. The highest BCUT2D eigenvalue weighted by molar-refractivity contribution is 7.89. The van der Waals surface area contributed by atoms with Crippen molar-refractivity contribution in [3.63, 3.8) is 0 Å². The molecule has 12 heteroatoms. The van der Waals surface area contributed by atoms with Gasteiger partial charge in [-0.3, -0.25) is 4.79 Å². The van der Waals surface area contributed by atoms with Crippen LogP contribution in [-0.2, 0) is 21.2 Å². The minimum Gasteiger partial charge on any atom is -0.495 e.